The molecule has 3 aromatic carbocycles. The molecule has 2 amide bonds. The number of hydrogen-bond acceptors (Lipinski definition) is 6. The van der Waals surface area contributed by atoms with Crippen molar-refractivity contribution in [2.45, 2.75) is 13.5 Å². The number of ether oxygens (including phenoxy) is 2. The number of aryl methyl sites for hydroxylation is 1. The van der Waals surface area contributed by atoms with Gasteiger partial charge in [0.1, 0.15) is 6.61 Å². The maximum atomic E-state index is 12.0. The minimum Gasteiger partial charge on any atom is -0.493 e. The first-order valence-electron chi connectivity index (χ1n) is 9.76. The van der Waals surface area contributed by atoms with Crippen LogP contribution in [0.4, 0.5) is 16.2 Å². The number of nitro groups is 1. The zero-order chi connectivity index (χ0) is 23.8. The first kappa shape index (κ1) is 23.6. The van der Waals surface area contributed by atoms with Gasteiger partial charge < -0.3 is 14.8 Å². The van der Waals surface area contributed by atoms with Crippen LogP contribution in [0, 0.1) is 17.0 Å². The van der Waals surface area contributed by atoms with Gasteiger partial charge in [-0.25, -0.2) is 10.2 Å². The highest BCUT2D eigenvalue weighted by molar-refractivity contribution is 6.32. The summed E-state index contributed by atoms with van der Waals surface area (Å²) in [6.45, 7) is 2.02. The van der Waals surface area contributed by atoms with E-state index < -0.39 is 11.0 Å². The molecule has 10 heteroatoms. The number of non-ortho nitro benzene ring substituents is 1. The van der Waals surface area contributed by atoms with E-state index in [1.807, 2.05) is 19.1 Å². The summed E-state index contributed by atoms with van der Waals surface area (Å²) in [4.78, 5) is 22.4. The van der Waals surface area contributed by atoms with E-state index in [0.29, 0.717) is 22.6 Å². The molecule has 0 saturated heterocycles. The lowest BCUT2D eigenvalue weighted by Crippen LogP contribution is -2.24. The number of halogens is 1. The van der Waals surface area contributed by atoms with Crippen molar-refractivity contribution in [2.75, 3.05) is 12.4 Å². The molecule has 170 valence electrons. The maximum Gasteiger partial charge on any atom is 0.339 e. The fraction of sp³-hybridized carbons (Fsp3) is 0.130. The number of nitrogens with one attached hydrogen (secondary N) is 2. The van der Waals surface area contributed by atoms with Gasteiger partial charge in [0, 0.05) is 17.8 Å². The van der Waals surface area contributed by atoms with Crippen molar-refractivity contribution in [3.05, 3.63) is 92.5 Å². The van der Waals surface area contributed by atoms with Crippen LogP contribution in [0.1, 0.15) is 16.7 Å². The van der Waals surface area contributed by atoms with Gasteiger partial charge in [-0.2, -0.15) is 5.10 Å². The molecule has 0 radical (unpaired) electrons. The lowest BCUT2D eigenvalue weighted by Gasteiger charge is -2.13. The van der Waals surface area contributed by atoms with E-state index in [1.54, 1.807) is 36.4 Å². The van der Waals surface area contributed by atoms with Crippen LogP contribution in [0.15, 0.2) is 65.8 Å². The predicted molar refractivity (Wildman–Crippen MR) is 126 cm³/mol. The van der Waals surface area contributed by atoms with Crippen LogP contribution < -0.4 is 20.2 Å². The van der Waals surface area contributed by atoms with E-state index >= 15 is 0 Å². The SMILES string of the molecule is COc1cc(/C=N\NC(=O)Nc2ccc(C)cc2)cc(Cl)c1OCc1cccc([N+](=O)[O-])c1. The van der Waals surface area contributed by atoms with Gasteiger partial charge >= 0.3 is 6.03 Å². The van der Waals surface area contributed by atoms with Crippen molar-refractivity contribution in [3.8, 4) is 11.5 Å². The third-order valence-corrected chi connectivity index (χ3v) is 4.73. The lowest BCUT2D eigenvalue weighted by molar-refractivity contribution is -0.384. The number of carbonyl (C=O) groups excluding carboxylic acids is 1. The highest BCUT2D eigenvalue weighted by Crippen LogP contribution is 2.36. The minimum absolute atomic E-state index is 0.0281. The molecule has 9 nitrogen and oxygen atoms in total. The third-order valence-electron chi connectivity index (χ3n) is 4.45. The Labute approximate surface area is 195 Å². The molecule has 0 aliphatic carbocycles. The molecule has 0 bridgehead atoms. The number of hydrazone groups is 1. The Bertz CT molecular complexity index is 1180. The number of benzene rings is 3. The summed E-state index contributed by atoms with van der Waals surface area (Å²) in [6, 6.07) is 16.2. The van der Waals surface area contributed by atoms with Gasteiger partial charge in [-0.3, -0.25) is 10.1 Å². The van der Waals surface area contributed by atoms with Crippen LogP contribution in [0.5, 0.6) is 11.5 Å². The van der Waals surface area contributed by atoms with Crippen molar-refractivity contribution in [2.24, 2.45) is 5.10 Å². The molecule has 0 atom stereocenters. The summed E-state index contributed by atoms with van der Waals surface area (Å²) in [5, 5.41) is 17.8. The number of amides is 2. The molecular weight excluding hydrogens is 448 g/mol. The maximum absolute atomic E-state index is 12.0. The van der Waals surface area contributed by atoms with Crippen molar-refractivity contribution in [1.82, 2.24) is 5.43 Å². The monoisotopic (exact) mass is 468 g/mol. The summed E-state index contributed by atoms with van der Waals surface area (Å²) in [7, 11) is 1.46. The molecule has 2 N–H and O–H groups in total. The third kappa shape index (κ3) is 6.68. The standard InChI is InChI=1S/C23H21ClN4O5/c1-15-6-8-18(9-7-15)26-23(29)27-25-13-17-11-20(24)22(21(12-17)32-2)33-14-16-4-3-5-19(10-16)28(30)31/h3-13H,14H2,1-2H3,(H2,26,27,29)/b25-13-. The van der Waals surface area contributed by atoms with E-state index in [4.69, 9.17) is 21.1 Å². The van der Waals surface area contributed by atoms with Gasteiger partial charge in [0.05, 0.1) is 23.3 Å². The van der Waals surface area contributed by atoms with E-state index in [2.05, 4.69) is 15.8 Å². The number of urea groups is 1. The van der Waals surface area contributed by atoms with E-state index in [9.17, 15) is 14.9 Å². The second-order valence-electron chi connectivity index (χ2n) is 6.94. The average molecular weight is 469 g/mol. The molecule has 3 aromatic rings. The van der Waals surface area contributed by atoms with E-state index in [1.165, 1.54) is 25.5 Å². The molecule has 0 aromatic heterocycles. The Morgan fingerprint density at radius 2 is 1.94 bits per heavy atom. The molecular formula is C23H21ClN4O5. The zero-order valence-electron chi connectivity index (χ0n) is 17.9. The van der Waals surface area contributed by atoms with Crippen molar-refractivity contribution >= 4 is 35.2 Å². The molecule has 0 aliphatic rings. The topological polar surface area (TPSA) is 115 Å². The fourth-order valence-corrected chi connectivity index (χ4v) is 3.10. The van der Waals surface area contributed by atoms with Gasteiger partial charge in [0.15, 0.2) is 11.5 Å². The predicted octanol–water partition coefficient (Wildman–Crippen LogP) is 5.30. The molecule has 0 unspecified atom stereocenters. The number of methoxy groups -OCH3 is 1. The highest BCUT2D eigenvalue weighted by atomic mass is 35.5. The Morgan fingerprint density at radius 3 is 2.64 bits per heavy atom. The average Bonchev–Trinajstić information content (AvgIpc) is 2.79. The summed E-state index contributed by atoms with van der Waals surface area (Å²) in [5.74, 6) is 0.631. The normalized spacial score (nSPS) is 10.6. The number of rotatable bonds is 8. The highest BCUT2D eigenvalue weighted by Gasteiger charge is 2.13. The molecule has 3 rings (SSSR count). The number of anilines is 1. The van der Waals surface area contributed by atoms with Crippen molar-refractivity contribution in [1.29, 1.82) is 0 Å². The Balaban J connectivity index is 1.64. The van der Waals surface area contributed by atoms with Crippen molar-refractivity contribution in [3.63, 3.8) is 0 Å². The van der Waals surface area contributed by atoms with Crippen LogP contribution in [0.3, 0.4) is 0 Å². The second kappa shape index (κ2) is 11.0. The Morgan fingerprint density at radius 1 is 1.18 bits per heavy atom. The van der Waals surface area contributed by atoms with Gasteiger partial charge in [0.25, 0.3) is 5.69 Å². The summed E-state index contributed by atoms with van der Waals surface area (Å²) in [5.41, 5.74) is 5.25. The van der Waals surface area contributed by atoms with Gasteiger partial charge in [-0.15, -0.1) is 0 Å². The van der Waals surface area contributed by atoms with Crippen LogP contribution in [-0.2, 0) is 6.61 Å². The number of carbonyl (C=O) groups is 1. The molecule has 0 aliphatic heterocycles. The molecule has 33 heavy (non-hydrogen) atoms. The Hall–Kier alpha value is -4.11. The first-order valence-corrected chi connectivity index (χ1v) is 10.1. The Kier molecular flexibility index (Phi) is 7.82. The molecule has 0 saturated carbocycles. The van der Waals surface area contributed by atoms with Gasteiger partial charge in [-0.1, -0.05) is 41.4 Å². The summed E-state index contributed by atoms with van der Waals surface area (Å²) in [6.07, 6.45) is 1.41. The largest absolute Gasteiger partial charge is 0.493 e. The number of nitro benzene ring substituents is 1. The van der Waals surface area contributed by atoms with Crippen LogP contribution in [-0.4, -0.2) is 24.3 Å². The number of nitrogens with zero attached hydrogens (tertiary/aromatic N) is 2. The summed E-state index contributed by atoms with van der Waals surface area (Å²) >= 11 is 6.35. The quantitative estimate of drug-likeness (QED) is 0.264. The molecule has 0 heterocycles. The van der Waals surface area contributed by atoms with Crippen LogP contribution >= 0.6 is 11.6 Å². The van der Waals surface area contributed by atoms with E-state index in [-0.39, 0.29) is 23.1 Å². The van der Waals surface area contributed by atoms with Crippen LogP contribution in [0.25, 0.3) is 0 Å². The minimum atomic E-state index is -0.495. The zero-order valence-corrected chi connectivity index (χ0v) is 18.6. The van der Waals surface area contributed by atoms with Crippen LogP contribution in [0.2, 0.25) is 5.02 Å². The lowest BCUT2D eigenvalue weighted by atomic mass is 10.2. The van der Waals surface area contributed by atoms with E-state index in [0.717, 1.165) is 5.56 Å². The summed E-state index contributed by atoms with van der Waals surface area (Å²) < 4.78 is 11.1. The first-order chi connectivity index (χ1) is 15.9. The van der Waals surface area contributed by atoms with Crippen molar-refractivity contribution < 1.29 is 19.2 Å². The van der Waals surface area contributed by atoms with Gasteiger partial charge in [0.2, 0.25) is 0 Å². The molecule has 0 fully saturated rings. The number of hydrogen-bond donors (Lipinski definition) is 2. The van der Waals surface area contributed by atoms with Gasteiger partial charge in [-0.05, 0) is 42.3 Å². The smallest absolute Gasteiger partial charge is 0.339 e. The second-order valence-corrected chi connectivity index (χ2v) is 7.35. The molecule has 0 spiro atoms. The fourth-order valence-electron chi connectivity index (χ4n) is 2.83.